The second kappa shape index (κ2) is 7.43. The van der Waals surface area contributed by atoms with E-state index >= 15 is 0 Å². The maximum Gasteiger partial charge on any atom is 0.267 e. The molecule has 0 aliphatic heterocycles. The molecule has 3 rings (SSSR count). The van der Waals surface area contributed by atoms with Gasteiger partial charge in [-0.2, -0.15) is 0 Å². The quantitative estimate of drug-likeness (QED) is 0.653. The molecule has 0 bridgehead atoms. The van der Waals surface area contributed by atoms with Gasteiger partial charge in [0.1, 0.15) is 21.4 Å². The number of rotatable bonds is 5. The van der Waals surface area contributed by atoms with Crippen LogP contribution in [0.3, 0.4) is 0 Å². The summed E-state index contributed by atoms with van der Waals surface area (Å²) < 4.78 is 10.5. The summed E-state index contributed by atoms with van der Waals surface area (Å²) in [4.78, 5) is 18.8. The summed E-state index contributed by atoms with van der Waals surface area (Å²) in [6, 6.07) is 7.18. The van der Waals surface area contributed by atoms with E-state index in [1.165, 1.54) is 25.6 Å². The molecule has 1 aromatic carbocycles. The number of anilines is 1. The molecule has 5 nitrogen and oxygen atoms in total. The van der Waals surface area contributed by atoms with Gasteiger partial charge in [-0.1, -0.05) is 17.7 Å². The molecule has 2 aromatic heterocycles. The molecule has 0 radical (unpaired) electrons. The summed E-state index contributed by atoms with van der Waals surface area (Å²) >= 11 is 9.05. The van der Waals surface area contributed by atoms with Gasteiger partial charge in [-0.15, -0.1) is 22.7 Å². The number of nitrogens with zero attached hydrogens (tertiary/aromatic N) is 1. The number of benzene rings is 1. The number of carbonyl (C=O) groups is 1. The minimum Gasteiger partial charge on any atom is -0.495 e. The first-order valence-corrected chi connectivity index (χ1v) is 9.35. The summed E-state index contributed by atoms with van der Waals surface area (Å²) in [5, 5.41) is 6.07. The summed E-state index contributed by atoms with van der Waals surface area (Å²) in [6.45, 7) is 1.82. The Labute approximate surface area is 158 Å². The Bertz CT molecular complexity index is 907. The van der Waals surface area contributed by atoms with Crippen LogP contribution in [0.5, 0.6) is 11.5 Å². The molecule has 0 unspecified atom stereocenters. The third kappa shape index (κ3) is 3.63. The average molecular weight is 395 g/mol. The third-order valence-corrected chi connectivity index (χ3v) is 5.95. The van der Waals surface area contributed by atoms with E-state index in [1.54, 1.807) is 23.5 Å². The molecule has 0 saturated carbocycles. The smallest absolute Gasteiger partial charge is 0.267 e. The lowest BCUT2D eigenvalue weighted by Crippen LogP contribution is -2.12. The van der Waals surface area contributed by atoms with Crippen LogP contribution in [0.25, 0.3) is 9.88 Å². The van der Waals surface area contributed by atoms with Gasteiger partial charge in [0.15, 0.2) is 0 Å². The monoisotopic (exact) mass is 394 g/mol. The van der Waals surface area contributed by atoms with Crippen LogP contribution >= 0.6 is 34.3 Å². The highest BCUT2D eigenvalue weighted by atomic mass is 35.5. The average Bonchev–Trinajstić information content (AvgIpc) is 3.25. The van der Waals surface area contributed by atoms with Crippen molar-refractivity contribution in [2.45, 2.75) is 6.92 Å². The molecule has 8 heteroatoms. The Morgan fingerprint density at radius 3 is 2.64 bits per heavy atom. The van der Waals surface area contributed by atoms with Crippen LogP contribution in [0.2, 0.25) is 5.02 Å². The maximum atomic E-state index is 12.7. The molecular formula is C17H15ClN2O3S2. The Hall–Kier alpha value is -2.09. The molecule has 2 heterocycles. The summed E-state index contributed by atoms with van der Waals surface area (Å²) in [7, 11) is 3.03. The number of hydrogen-bond acceptors (Lipinski definition) is 6. The molecule has 130 valence electrons. The van der Waals surface area contributed by atoms with Gasteiger partial charge in [0.25, 0.3) is 5.91 Å². The zero-order valence-corrected chi connectivity index (χ0v) is 16.1. The number of aromatic nitrogens is 1. The van der Waals surface area contributed by atoms with E-state index in [1.807, 2.05) is 24.4 Å². The van der Waals surface area contributed by atoms with Crippen molar-refractivity contribution in [1.29, 1.82) is 0 Å². The van der Waals surface area contributed by atoms with Crippen molar-refractivity contribution in [3.8, 4) is 21.4 Å². The lowest BCUT2D eigenvalue weighted by Gasteiger charge is -2.12. The third-order valence-electron chi connectivity index (χ3n) is 3.46. The van der Waals surface area contributed by atoms with Crippen LogP contribution in [0.4, 0.5) is 5.69 Å². The number of aryl methyl sites for hydroxylation is 1. The van der Waals surface area contributed by atoms with Gasteiger partial charge in [-0.05, 0) is 18.4 Å². The lowest BCUT2D eigenvalue weighted by molar-refractivity contribution is 0.102. The van der Waals surface area contributed by atoms with Gasteiger partial charge in [0.05, 0.1) is 35.5 Å². The van der Waals surface area contributed by atoms with Gasteiger partial charge < -0.3 is 14.8 Å². The highest BCUT2D eigenvalue weighted by Gasteiger charge is 2.19. The fraction of sp³-hybridized carbons (Fsp3) is 0.176. The number of hydrogen-bond donors (Lipinski definition) is 1. The van der Waals surface area contributed by atoms with Crippen molar-refractivity contribution in [3.63, 3.8) is 0 Å². The number of carbonyl (C=O) groups excluding carboxylic acids is 1. The standard InChI is InChI=1S/C17H15ClN2O3S2/c1-9-15(25-17(19-9)14-5-4-6-24-14)16(21)20-11-8-12(22-2)10(18)7-13(11)23-3/h4-8H,1-3H3,(H,20,21). The van der Waals surface area contributed by atoms with Gasteiger partial charge in [0, 0.05) is 12.1 Å². The van der Waals surface area contributed by atoms with Crippen molar-refractivity contribution < 1.29 is 14.3 Å². The molecule has 1 amide bonds. The highest BCUT2D eigenvalue weighted by molar-refractivity contribution is 7.22. The molecule has 0 fully saturated rings. The number of amides is 1. The zero-order valence-electron chi connectivity index (χ0n) is 13.8. The van der Waals surface area contributed by atoms with Crippen molar-refractivity contribution in [2.24, 2.45) is 0 Å². The van der Waals surface area contributed by atoms with Gasteiger partial charge in [-0.25, -0.2) is 4.98 Å². The first kappa shape index (κ1) is 17.7. The molecule has 25 heavy (non-hydrogen) atoms. The predicted molar refractivity (Wildman–Crippen MR) is 103 cm³/mol. The topological polar surface area (TPSA) is 60.5 Å². The number of ether oxygens (including phenoxy) is 2. The van der Waals surface area contributed by atoms with Crippen molar-refractivity contribution in [2.75, 3.05) is 19.5 Å². The normalized spacial score (nSPS) is 10.6. The van der Waals surface area contributed by atoms with E-state index in [2.05, 4.69) is 10.3 Å². The number of methoxy groups -OCH3 is 2. The Balaban J connectivity index is 1.90. The number of nitrogens with one attached hydrogen (secondary N) is 1. The van der Waals surface area contributed by atoms with Crippen molar-refractivity contribution in [1.82, 2.24) is 4.98 Å². The molecular weight excluding hydrogens is 380 g/mol. The Morgan fingerprint density at radius 2 is 2.00 bits per heavy atom. The number of thiazole rings is 1. The van der Waals surface area contributed by atoms with E-state index in [0.29, 0.717) is 32.8 Å². The second-order valence-corrected chi connectivity index (χ2v) is 7.41. The van der Waals surface area contributed by atoms with E-state index < -0.39 is 0 Å². The minimum absolute atomic E-state index is 0.250. The molecule has 0 saturated heterocycles. The summed E-state index contributed by atoms with van der Waals surface area (Å²) in [5.74, 6) is 0.665. The molecule has 1 N–H and O–H groups in total. The van der Waals surface area contributed by atoms with E-state index in [0.717, 1.165) is 9.88 Å². The molecule has 0 spiro atoms. The Kier molecular flexibility index (Phi) is 5.27. The minimum atomic E-state index is -0.250. The zero-order chi connectivity index (χ0) is 18.0. The van der Waals surface area contributed by atoms with Crippen LogP contribution < -0.4 is 14.8 Å². The summed E-state index contributed by atoms with van der Waals surface area (Å²) in [5.41, 5.74) is 1.17. The van der Waals surface area contributed by atoms with E-state index in [9.17, 15) is 4.79 Å². The lowest BCUT2D eigenvalue weighted by atomic mass is 10.2. The van der Waals surface area contributed by atoms with E-state index in [4.69, 9.17) is 21.1 Å². The van der Waals surface area contributed by atoms with Crippen LogP contribution in [-0.4, -0.2) is 25.1 Å². The first-order chi connectivity index (χ1) is 12.0. The molecule has 0 aliphatic carbocycles. The molecule has 0 atom stereocenters. The predicted octanol–water partition coefficient (Wildman–Crippen LogP) is 5.10. The summed E-state index contributed by atoms with van der Waals surface area (Å²) in [6.07, 6.45) is 0. The fourth-order valence-corrected chi connectivity index (χ4v) is 4.24. The Morgan fingerprint density at radius 1 is 1.24 bits per heavy atom. The van der Waals surface area contributed by atoms with Gasteiger partial charge >= 0.3 is 0 Å². The largest absolute Gasteiger partial charge is 0.495 e. The van der Waals surface area contributed by atoms with Crippen LogP contribution in [-0.2, 0) is 0 Å². The van der Waals surface area contributed by atoms with Crippen LogP contribution in [0.1, 0.15) is 15.4 Å². The highest BCUT2D eigenvalue weighted by Crippen LogP contribution is 2.37. The van der Waals surface area contributed by atoms with E-state index in [-0.39, 0.29) is 5.91 Å². The SMILES string of the molecule is COc1cc(NC(=O)c2sc(-c3cccs3)nc2C)c(OC)cc1Cl. The second-order valence-electron chi connectivity index (χ2n) is 5.05. The molecule has 3 aromatic rings. The number of thiophene rings is 1. The fourth-order valence-electron chi connectivity index (χ4n) is 2.25. The van der Waals surface area contributed by atoms with Crippen LogP contribution in [0.15, 0.2) is 29.6 Å². The first-order valence-electron chi connectivity index (χ1n) is 7.27. The van der Waals surface area contributed by atoms with Gasteiger partial charge in [-0.3, -0.25) is 4.79 Å². The van der Waals surface area contributed by atoms with Crippen molar-refractivity contribution >= 4 is 45.9 Å². The van der Waals surface area contributed by atoms with Gasteiger partial charge in [0.2, 0.25) is 0 Å². The van der Waals surface area contributed by atoms with Crippen molar-refractivity contribution in [3.05, 3.63) is 45.2 Å². The maximum absolute atomic E-state index is 12.7. The van der Waals surface area contributed by atoms with Crippen LogP contribution in [0, 0.1) is 6.92 Å². The number of halogens is 1. The molecule has 0 aliphatic rings.